The molecule has 1 aromatic carbocycles. The van der Waals surface area contributed by atoms with E-state index in [0.717, 1.165) is 5.56 Å². The number of amides is 2. The molecule has 1 heterocycles. The first-order valence-electron chi connectivity index (χ1n) is 6.74. The molecule has 0 saturated heterocycles. The molecule has 21 heavy (non-hydrogen) atoms. The monoisotopic (exact) mass is 288 g/mol. The molecule has 7 heteroatoms. The number of rotatable bonds is 4. The number of hydrogen-bond donors (Lipinski definition) is 3. The molecule has 0 saturated carbocycles. The van der Waals surface area contributed by atoms with Crippen molar-refractivity contribution in [2.75, 3.05) is 5.32 Å². The smallest absolute Gasteiger partial charge is 0.319 e. The summed E-state index contributed by atoms with van der Waals surface area (Å²) in [5.41, 5.74) is 7.50. The Morgan fingerprint density at radius 2 is 2.14 bits per heavy atom. The number of nitrogens with zero attached hydrogens (tertiary/aromatic N) is 3. The van der Waals surface area contributed by atoms with Gasteiger partial charge in [-0.3, -0.25) is 0 Å². The van der Waals surface area contributed by atoms with Crippen LogP contribution in [0.3, 0.4) is 0 Å². The molecular weight excluding hydrogens is 268 g/mol. The Kier molecular flexibility index (Phi) is 4.54. The molecule has 0 fully saturated rings. The van der Waals surface area contributed by atoms with E-state index >= 15 is 0 Å². The zero-order valence-corrected chi connectivity index (χ0v) is 12.4. The van der Waals surface area contributed by atoms with Crippen molar-refractivity contribution in [3.63, 3.8) is 0 Å². The molecular formula is C14H20N6O. The van der Waals surface area contributed by atoms with Crippen LogP contribution in [0.5, 0.6) is 0 Å². The molecule has 4 N–H and O–H groups in total. The van der Waals surface area contributed by atoms with Crippen molar-refractivity contribution in [1.82, 2.24) is 20.1 Å². The number of nitrogens with one attached hydrogen (secondary N) is 2. The van der Waals surface area contributed by atoms with Gasteiger partial charge in [-0.15, -0.1) is 10.2 Å². The minimum atomic E-state index is -0.299. The summed E-state index contributed by atoms with van der Waals surface area (Å²) in [5, 5.41) is 13.4. The van der Waals surface area contributed by atoms with E-state index < -0.39 is 0 Å². The molecule has 1 aromatic heterocycles. The van der Waals surface area contributed by atoms with Gasteiger partial charge in [0, 0.05) is 18.8 Å². The summed E-state index contributed by atoms with van der Waals surface area (Å²) in [6.07, 6.45) is 1.59. The highest BCUT2D eigenvalue weighted by atomic mass is 16.2. The zero-order chi connectivity index (χ0) is 15.4. The second-order valence-corrected chi connectivity index (χ2v) is 5.03. The fourth-order valence-corrected chi connectivity index (χ4v) is 2.01. The van der Waals surface area contributed by atoms with Crippen LogP contribution < -0.4 is 16.4 Å². The third-order valence-corrected chi connectivity index (χ3v) is 3.15. The highest BCUT2D eigenvalue weighted by molar-refractivity contribution is 5.89. The summed E-state index contributed by atoms with van der Waals surface area (Å²) in [6.45, 7) is 3.75. The van der Waals surface area contributed by atoms with E-state index in [1.165, 1.54) is 0 Å². The maximum atomic E-state index is 12.0. The molecule has 2 atom stereocenters. The second kappa shape index (κ2) is 6.36. The first kappa shape index (κ1) is 15.0. The van der Waals surface area contributed by atoms with E-state index in [2.05, 4.69) is 20.8 Å². The molecule has 2 unspecified atom stereocenters. The van der Waals surface area contributed by atoms with E-state index in [4.69, 9.17) is 5.73 Å². The molecule has 0 aliphatic carbocycles. The van der Waals surface area contributed by atoms with Gasteiger partial charge in [-0.2, -0.15) is 0 Å². The fraction of sp³-hybridized carbons (Fsp3) is 0.357. The van der Waals surface area contributed by atoms with Gasteiger partial charge in [0.25, 0.3) is 0 Å². The summed E-state index contributed by atoms with van der Waals surface area (Å²) in [6, 6.07) is 6.85. The number of carbonyl (C=O) groups excluding carboxylic acids is 1. The van der Waals surface area contributed by atoms with Crippen LogP contribution in [0.2, 0.25) is 0 Å². The highest BCUT2D eigenvalue weighted by Crippen LogP contribution is 2.16. The molecule has 2 aromatic rings. The Labute approximate surface area is 123 Å². The van der Waals surface area contributed by atoms with E-state index in [-0.39, 0.29) is 18.1 Å². The average molecular weight is 288 g/mol. The summed E-state index contributed by atoms with van der Waals surface area (Å²) in [4.78, 5) is 12.0. The molecule has 112 valence electrons. The maximum absolute atomic E-state index is 12.0. The lowest BCUT2D eigenvalue weighted by molar-refractivity contribution is 0.248. The van der Waals surface area contributed by atoms with Crippen LogP contribution in [-0.2, 0) is 7.05 Å². The average Bonchev–Trinajstić information content (AvgIpc) is 2.85. The van der Waals surface area contributed by atoms with Gasteiger partial charge in [0.1, 0.15) is 6.33 Å². The molecule has 0 spiro atoms. The predicted octanol–water partition coefficient (Wildman–Crippen LogP) is 1.72. The third-order valence-electron chi connectivity index (χ3n) is 3.15. The zero-order valence-electron chi connectivity index (χ0n) is 12.4. The van der Waals surface area contributed by atoms with Crippen molar-refractivity contribution in [2.24, 2.45) is 12.8 Å². The molecule has 0 bridgehead atoms. The summed E-state index contributed by atoms with van der Waals surface area (Å²) < 4.78 is 1.77. The number of aromatic nitrogens is 3. The molecule has 2 rings (SSSR count). The van der Waals surface area contributed by atoms with Crippen molar-refractivity contribution < 1.29 is 4.79 Å². The van der Waals surface area contributed by atoms with Crippen molar-refractivity contribution in [1.29, 1.82) is 0 Å². The minimum Gasteiger partial charge on any atom is -0.328 e. The van der Waals surface area contributed by atoms with Crippen LogP contribution in [-0.4, -0.2) is 20.8 Å². The van der Waals surface area contributed by atoms with Crippen LogP contribution in [0.25, 0.3) is 0 Å². The van der Waals surface area contributed by atoms with E-state index in [1.54, 1.807) is 10.9 Å². The Morgan fingerprint density at radius 1 is 1.38 bits per heavy atom. The number of carbonyl (C=O) groups is 1. The van der Waals surface area contributed by atoms with Gasteiger partial charge in [-0.1, -0.05) is 12.1 Å². The van der Waals surface area contributed by atoms with Gasteiger partial charge in [-0.05, 0) is 31.5 Å². The molecule has 0 aliphatic rings. The number of urea groups is 1. The Bertz CT molecular complexity index is 621. The van der Waals surface area contributed by atoms with Gasteiger partial charge < -0.3 is 20.9 Å². The quantitative estimate of drug-likeness (QED) is 0.797. The largest absolute Gasteiger partial charge is 0.328 e. The van der Waals surface area contributed by atoms with Gasteiger partial charge >= 0.3 is 6.03 Å². The predicted molar refractivity (Wildman–Crippen MR) is 80.6 cm³/mol. The van der Waals surface area contributed by atoms with Crippen LogP contribution in [0.4, 0.5) is 10.5 Å². The van der Waals surface area contributed by atoms with Crippen LogP contribution in [0, 0.1) is 0 Å². The van der Waals surface area contributed by atoms with Gasteiger partial charge in [0.15, 0.2) is 5.82 Å². The van der Waals surface area contributed by atoms with Gasteiger partial charge in [-0.25, -0.2) is 4.79 Å². The first-order valence-corrected chi connectivity index (χ1v) is 6.74. The number of hydrogen-bond acceptors (Lipinski definition) is 4. The van der Waals surface area contributed by atoms with Crippen LogP contribution in [0.15, 0.2) is 30.6 Å². The van der Waals surface area contributed by atoms with E-state index in [0.29, 0.717) is 11.5 Å². The third kappa shape index (κ3) is 3.79. The lowest BCUT2D eigenvalue weighted by Gasteiger charge is -2.14. The highest BCUT2D eigenvalue weighted by Gasteiger charge is 2.14. The van der Waals surface area contributed by atoms with Gasteiger partial charge in [0.05, 0.1) is 6.04 Å². The number of nitrogens with two attached hydrogens (primary N) is 1. The van der Waals surface area contributed by atoms with Crippen molar-refractivity contribution >= 4 is 11.7 Å². The van der Waals surface area contributed by atoms with Crippen LogP contribution >= 0.6 is 0 Å². The lowest BCUT2D eigenvalue weighted by Crippen LogP contribution is -2.32. The molecule has 0 aliphatic heterocycles. The van der Waals surface area contributed by atoms with E-state index in [9.17, 15) is 4.79 Å². The maximum Gasteiger partial charge on any atom is 0.319 e. The van der Waals surface area contributed by atoms with Crippen molar-refractivity contribution in [3.8, 4) is 0 Å². The summed E-state index contributed by atoms with van der Waals surface area (Å²) in [5.74, 6) is 0.689. The topological polar surface area (TPSA) is 97.9 Å². The van der Waals surface area contributed by atoms with Crippen molar-refractivity contribution in [3.05, 3.63) is 42.0 Å². The van der Waals surface area contributed by atoms with Gasteiger partial charge in [0.2, 0.25) is 0 Å². The van der Waals surface area contributed by atoms with E-state index in [1.807, 2.05) is 45.2 Å². The normalized spacial score (nSPS) is 13.5. The summed E-state index contributed by atoms with van der Waals surface area (Å²) >= 11 is 0. The second-order valence-electron chi connectivity index (χ2n) is 5.03. The number of anilines is 1. The minimum absolute atomic E-state index is 0.0765. The summed E-state index contributed by atoms with van der Waals surface area (Å²) in [7, 11) is 1.83. The van der Waals surface area contributed by atoms with Crippen molar-refractivity contribution in [2.45, 2.75) is 25.9 Å². The standard InChI is InChI=1S/C14H20N6O/c1-9(15)11-5-4-6-12(7-11)18-14(21)17-10(2)13-19-16-8-20(13)3/h4-10H,15H2,1-3H3,(H2,17,18,21). The Hall–Kier alpha value is -2.41. The molecule has 7 nitrogen and oxygen atoms in total. The molecule has 2 amide bonds. The number of aryl methyl sites for hydroxylation is 1. The SMILES string of the molecule is CC(N)c1cccc(NC(=O)NC(C)c2nncn2C)c1. The van der Waals surface area contributed by atoms with Crippen LogP contribution in [0.1, 0.15) is 37.3 Å². The fourth-order valence-electron chi connectivity index (χ4n) is 2.01. The number of benzene rings is 1. The lowest BCUT2D eigenvalue weighted by atomic mass is 10.1. The Morgan fingerprint density at radius 3 is 2.76 bits per heavy atom. The first-order chi connectivity index (χ1) is 9.97. The molecule has 0 radical (unpaired) electrons. The Balaban J connectivity index is 1.99.